The summed E-state index contributed by atoms with van der Waals surface area (Å²) in [6, 6.07) is -1.02. The topological polar surface area (TPSA) is 110 Å². The fourth-order valence-electron chi connectivity index (χ4n) is 10.6. The number of amides is 1. The molecule has 4 unspecified atom stereocenters. The van der Waals surface area contributed by atoms with Crippen molar-refractivity contribution in [3.8, 4) is 0 Å². The number of nitrogens with one attached hydrogen (secondary N) is 1. The molecule has 0 aliphatic rings. The standard InChI is InChI=1S/C71H133NO5/c1-3-5-7-9-11-13-15-17-19-21-23-25-27-29-31-32-33-34-35-36-37-39-41-43-45-47-49-51-53-55-57-59-61-63-65-69(75)71(77)72-67(66-73)70(76)68(74)64-62-60-58-56-54-52-50-48-46-44-42-40-38-30-28-26-24-22-20-18-16-14-12-10-8-6-4-2/h27,29,32-33,40,42,48,50,56,58,67-70,73-76H,3-26,28,30-31,34-39,41,43-47,49,51-55,57,59-66H2,1-2H3,(H,72,77)/b29-27-,33-32-,42-40+,50-48+,58-56+. The van der Waals surface area contributed by atoms with Crippen LogP contribution in [0, 0.1) is 0 Å². The van der Waals surface area contributed by atoms with Gasteiger partial charge in [-0.1, -0.05) is 319 Å². The first-order valence-electron chi connectivity index (χ1n) is 34.2. The summed E-state index contributed by atoms with van der Waals surface area (Å²) in [5, 5.41) is 44.1. The van der Waals surface area contributed by atoms with Crippen molar-refractivity contribution in [2.24, 2.45) is 0 Å². The zero-order valence-corrected chi connectivity index (χ0v) is 51.5. The van der Waals surface area contributed by atoms with Gasteiger partial charge in [0.1, 0.15) is 12.2 Å². The number of unbranched alkanes of at least 4 members (excludes halogenated alkanes) is 44. The Kier molecular flexibility index (Phi) is 63.2. The highest BCUT2D eigenvalue weighted by molar-refractivity contribution is 5.80. The molecular weight excluding hydrogens is 947 g/mol. The van der Waals surface area contributed by atoms with Gasteiger partial charge in [0.15, 0.2) is 0 Å². The predicted molar refractivity (Wildman–Crippen MR) is 339 cm³/mol. The van der Waals surface area contributed by atoms with Crippen LogP contribution >= 0.6 is 0 Å². The Hall–Kier alpha value is -1.99. The summed E-state index contributed by atoms with van der Waals surface area (Å²) < 4.78 is 0. The van der Waals surface area contributed by atoms with Crippen molar-refractivity contribution in [3.05, 3.63) is 60.8 Å². The number of rotatable bonds is 63. The molecule has 77 heavy (non-hydrogen) atoms. The zero-order chi connectivity index (χ0) is 55.8. The molecule has 0 radical (unpaired) electrons. The van der Waals surface area contributed by atoms with Crippen LogP contribution in [-0.2, 0) is 4.79 Å². The molecule has 4 atom stereocenters. The second-order valence-electron chi connectivity index (χ2n) is 23.5. The zero-order valence-electron chi connectivity index (χ0n) is 51.5. The van der Waals surface area contributed by atoms with Crippen LogP contribution in [0.3, 0.4) is 0 Å². The van der Waals surface area contributed by atoms with Crippen molar-refractivity contribution in [2.45, 2.75) is 379 Å². The van der Waals surface area contributed by atoms with Crippen molar-refractivity contribution in [3.63, 3.8) is 0 Å². The maximum atomic E-state index is 12.6. The largest absolute Gasteiger partial charge is 0.394 e. The molecule has 0 aromatic carbocycles. The lowest BCUT2D eigenvalue weighted by molar-refractivity contribution is -0.132. The van der Waals surface area contributed by atoms with Gasteiger partial charge in [0.25, 0.3) is 0 Å². The fourth-order valence-corrected chi connectivity index (χ4v) is 10.6. The Labute approximate surface area is 480 Å². The van der Waals surface area contributed by atoms with Gasteiger partial charge in [-0.2, -0.15) is 0 Å². The molecule has 0 aliphatic carbocycles. The molecule has 0 bridgehead atoms. The normalized spacial score (nSPS) is 13.9. The van der Waals surface area contributed by atoms with E-state index < -0.39 is 36.9 Å². The third-order valence-electron chi connectivity index (χ3n) is 15.9. The lowest BCUT2D eigenvalue weighted by Gasteiger charge is -2.27. The molecule has 0 aromatic rings. The van der Waals surface area contributed by atoms with E-state index in [9.17, 15) is 25.2 Å². The Balaban J connectivity index is 3.63. The molecule has 0 saturated carbocycles. The third kappa shape index (κ3) is 58.5. The number of hydrogen-bond donors (Lipinski definition) is 5. The summed E-state index contributed by atoms with van der Waals surface area (Å²) in [6.45, 7) is 4.08. The molecule has 0 rings (SSSR count). The van der Waals surface area contributed by atoms with E-state index >= 15 is 0 Å². The average Bonchev–Trinajstić information content (AvgIpc) is 3.43. The van der Waals surface area contributed by atoms with Gasteiger partial charge in [0.2, 0.25) is 5.91 Å². The SMILES string of the molecule is CCCCCCCCCCCCC/C=C\C/C=C\CCCCCCCCCCCCCCCCCCC(O)C(=O)NC(CO)C(O)C(O)CCC/C=C/CC/C=C/CC/C=C/CCCCCCCCCCCCCCCC. The van der Waals surface area contributed by atoms with Crippen LogP contribution in [0.15, 0.2) is 60.8 Å². The van der Waals surface area contributed by atoms with E-state index in [4.69, 9.17) is 0 Å². The molecule has 5 N–H and O–H groups in total. The summed E-state index contributed by atoms with van der Waals surface area (Å²) in [5.41, 5.74) is 0. The molecule has 0 aromatic heterocycles. The van der Waals surface area contributed by atoms with Gasteiger partial charge >= 0.3 is 0 Å². The average molecular weight is 1080 g/mol. The van der Waals surface area contributed by atoms with Crippen LogP contribution in [-0.4, -0.2) is 57.3 Å². The van der Waals surface area contributed by atoms with Crippen molar-refractivity contribution in [1.29, 1.82) is 0 Å². The van der Waals surface area contributed by atoms with E-state index in [0.717, 1.165) is 57.8 Å². The van der Waals surface area contributed by atoms with Crippen LogP contribution in [0.4, 0.5) is 0 Å². The minimum Gasteiger partial charge on any atom is -0.394 e. The maximum Gasteiger partial charge on any atom is 0.249 e. The van der Waals surface area contributed by atoms with Gasteiger partial charge < -0.3 is 25.7 Å². The minimum absolute atomic E-state index is 0.358. The Morgan fingerprint density at radius 3 is 0.896 bits per heavy atom. The van der Waals surface area contributed by atoms with Gasteiger partial charge in [0, 0.05) is 0 Å². The van der Waals surface area contributed by atoms with E-state index in [2.05, 4.69) is 79.9 Å². The smallest absolute Gasteiger partial charge is 0.249 e. The fraction of sp³-hybridized carbons (Fsp3) is 0.845. The van der Waals surface area contributed by atoms with E-state index in [1.807, 2.05) is 0 Å². The number of carbonyl (C=O) groups excluding carboxylic acids is 1. The molecule has 0 aliphatic heterocycles. The first-order valence-corrected chi connectivity index (χ1v) is 34.2. The lowest BCUT2D eigenvalue weighted by Crippen LogP contribution is -2.53. The molecule has 1 amide bonds. The molecule has 6 nitrogen and oxygen atoms in total. The second kappa shape index (κ2) is 64.8. The summed E-state index contributed by atoms with van der Waals surface area (Å²) in [4.78, 5) is 12.6. The Morgan fingerprint density at radius 2 is 0.584 bits per heavy atom. The van der Waals surface area contributed by atoms with Crippen molar-refractivity contribution in [1.82, 2.24) is 5.32 Å². The van der Waals surface area contributed by atoms with Crippen LogP contribution in [0.5, 0.6) is 0 Å². The van der Waals surface area contributed by atoms with Crippen LogP contribution in [0.25, 0.3) is 0 Å². The van der Waals surface area contributed by atoms with Crippen LogP contribution in [0.1, 0.15) is 354 Å². The number of aliphatic hydroxyl groups excluding tert-OH is 4. The highest BCUT2D eigenvalue weighted by atomic mass is 16.3. The number of hydrogen-bond acceptors (Lipinski definition) is 5. The summed E-state index contributed by atoms with van der Waals surface area (Å²) in [6.07, 6.45) is 86.2. The van der Waals surface area contributed by atoms with Crippen molar-refractivity contribution < 1.29 is 25.2 Å². The van der Waals surface area contributed by atoms with E-state index in [1.165, 1.54) is 263 Å². The molecule has 6 heteroatoms. The van der Waals surface area contributed by atoms with E-state index in [1.54, 1.807) is 0 Å². The Bertz CT molecular complexity index is 1310. The molecule has 0 spiro atoms. The molecule has 0 heterocycles. The lowest BCUT2D eigenvalue weighted by atomic mass is 10.00. The molecule has 0 saturated heterocycles. The van der Waals surface area contributed by atoms with E-state index in [-0.39, 0.29) is 0 Å². The first-order chi connectivity index (χ1) is 38.0. The maximum absolute atomic E-state index is 12.6. The summed E-state index contributed by atoms with van der Waals surface area (Å²) in [7, 11) is 0. The minimum atomic E-state index is -1.30. The van der Waals surface area contributed by atoms with Gasteiger partial charge in [0.05, 0.1) is 18.8 Å². The number of aliphatic hydroxyl groups is 4. The molecule has 0 fully saturated rings. The molecular formula is C71H133NO5. The Morgan fingerprint density at radius 1 is 0.325 bits per heavy atom. The van der Waals surface area contributed by atoms with Gasteiger partial charge in [-0.3, -0.25) is 4.79 Å². The molecule has 452 valence electrons. The van der Waals surface area contributed by atoms with E-state index in [0.29, 0.717) is 19.3 Å². The third-order valence-corrected chi connectivity index (χ3v) is 15.9. The second-order valence-corrected chi connectivity index (χ2v) is 23.5. The van der Waals surface area contributed by atoms with Crippen molar-refractivity contribution in [2.75, 3.05) is 6.61 Å². The van der Waals surface area contributed by atoms with Gasteiger partial charge in [-0.05, 0) is 96.3 Å². The summed E-state index contributed by atoms with van der Waals surface area (Å²) >= 11 is 0. The number of allylic oxidation sites excluding steroid dienone is 10. The highest BCUT2D eigenvalue weighted by Crippen LogP contribution is 2.18. The summed E-state index contributed by atoms with van der Waals surface area (Å²) in [5.74, 6) is -0.596. The highest BCUT2D eigenvalue weighted by Gasteiger charge is 2.28. The monoisotopic (exact) mass is 1080 g/mol. The predicted octanol–water partition coefficient (Wildman–Crippen LogP) is 21.0. The van der Waals surface area contributed by atoms with Crippen LogP contribution in [0.2, 0.25) is 0 Å². The van der Waals surface area contributed by atoms with Crippen molar-refractivity contribution >= 4 is 5.91 Å². The quantitative estimate of drug-likeness (QED) is 0.0308. The van der Waals surface area contributed by atoms with Gasteiger partial charge in [-0.25, -0.2) is 0 Å². The van der Waals surface area contributed by atoms with Crippen LogP contribution < -0.4 is 5.32 Å². The number of carbonyl (C=O) groups is 1. The van der Waals surface area contributed by atoms with Gasteiger partial charge in [-0.15, -0.1) is 0 Å². The first kappa shape index (κ1) is 75.0.